The number of aliphatic hydroxyl groups is 1. The summed E-state index contributed by atoms with van der Waals surface area (Å²) in [6, 6.07) is 15.2. The summed E-state index contributed by atoms with van der Waals surface area (Å²) in [7, 11) is 0. The molecule has 3 rings (SSSR count). The van der Waals surface area contributed by atoms with Gasteiger partial charge in [0.25, 0.3) is 0 Å². The molecule has 0 aliphatic carbocycles. The van der Waals surface area contributed by atoms with Crippen molar-refractivity contribution in [2.24, 2.45) is 0 Å². The third-order valence-corrected chi connectivity index (χ3v) is 5.09. The number of imidazole rings is 1. The number of thioether (sulfide) groups is 1. The van der Waals surface area contributed by atoms with Crippen molar-refractivity contribution in [1.29, 1.82) is 0 Å². The van der Waals surface area contributed by atoms with Gasteiger partial charge in [0.1, 0.15) is 12.4 Å². The van der Waals surface area contributed by atoms with E-state index in [-0.39, 0.29) is 12.4 Å². The normalized spacial score (nSPS) is 12.0. The van der Waals surface area contributed by atoms with Gasteiger partial charge in [0.15, 0.2) is 10.9 Å². The molecule has 0 aliphatic heterocycles. The molecule has 0 radical (unpaired) electrons. The van der Waals surface area contributed by atoms with E-state index in [9.17, 15) is 9.90 Å². The van der Waals surface area contributed by atoms with Crippen molar-refractivity contribution in [3.8, 4) is 11.4 Å². The molecule has 0 bridgehead atoms. The fraction of sp³-hybridized carbons (Fsp3) is 0.238. The monoisotopic (exact) mass is 382 g/mol. The molecule has 0 spiro atoms. The van der Waals surface area contributed by atoms with Crippen LogP contribution in [0.15, 0.2) is 66.1 Å². The molecular weight excluding hydrogens is 360 g/mol. The third-order valence-electron chi connectivity index (χ3n) is 3.97. The number of aliphatic hydroxyl groups excluding tert-OH is 1. The summed E-state index contributed by atoms with van der Waals surface area (Å²) in [4.78, 5) is 15.8. The lowest BCUT2D eigenvalue weighted by Crippen LogP contribution is -2.20. The minimum Gasteiger partial charge on any atom is -0.491 e. The molecule has 0 amide bonds. The van der Waals surface area contributed by atoms with E-state index in [1.165, 1.54) is 24.2 Å². The van der Waals surface area contributed by atoms with Crippen LogP contribution in [0.4, 0.5) is 0 Å². The number of aryl methyl sites for hydroxylation is 1. The van der Waals surface area contributed by atoms with E-state index in [0.29, 0.717) is 17.1 Å². The molecule has 1 aromatic heterocycles. The Hall–Kier alpha value is -2.57. The highest BCUT2D eigenvalue weighted by Crippen LogP contribution is 2.22. The van der Waals surface area contributed by atoms with E-state index in [1.807, 2.05) is 22.9 Å². The second-order valence-corrected chi connectivity index (χ2v) is 7.27. The highest BCUT2D eigenvalue weighted by molar-refractivity contribution is 7.99. The van der Waals surface area contributed by atoms with Crippen LogP contribution in [0.5, 0.6) is 5.75 Å². The molecule has 5 nitrogen and oxygen atoms in total. The molecule has 2 aromatic carbocycles. The van der Waals surface area contributed by atoms with Crippen molar-refractivity contribution >= 4 is 17.5 Å². The number of hydrogen-bond donors (Lipinski definition) is 1. The van der Waals surface area contributed by atoms with Crippen LogP contribution in [0.1, 0.15) is 22.8 Å². The van der Waals surface area contributed by atoms with Gasteiger partial charge in [-0.2, -0.15) is 0 Å². The van der Waals surface area contributed by atoms with Crippen LogP contribution in [0.3, 0.4) is 0 Å². The molecular formula is C21H22N2O3S. The fourth-order valence-corrected chi connectivity index (χ4v) is 3.47. The Morgan fingerprint density at radius 2 is 2.07 bits per heavy atom. The first kappa shape index (κ1) is 19.2. The molecule has 6 heteroatoms. The number of carbonyl (C=O) groups excluding carboxylic acids is 1. The van der Waals surface area contributed by atoms with Crippen molar-refractivity contribution in [2.45, 2.75) is 25.1 Å². The maximum atomic E-state index is 11.4. The SMILES string of the molecule is CC(=O)c1cccc(OCC(O)CSc2nccn2-c2cccc(C)c2)c1. The first-order valence-corrected chi connectivity index (χ1v) is 9.66. The number of rotatable bonds is 8. The van der Waals surface area contributed by atoms with E-state index < -0.39 is 6.10 Å². The van der Waals surface area contributed by atoms with E-state index in [2.05, 4.69) is 24.0 Å². The summed E-state index contributed by atoms with van der Waals surface area (Å²) >= 11 is 1.47. The zero-order valence-corrected chi connectivity index (χ0v) is 16.1. The average molecular weight is 382 g/mol. The van der Waals surface area contributed by atoms with E-state index >= 15 is 0 Å². The van der Waals surface area contributed by atoms with Gasteiger partial charge in [0.2, 0.25) is 0 Å². The standard InChI is InChI=1S/C21H22N2O3S/c1-15-5-3-7-18(11-15)23-10-9-22-21(23)27-14-19(25)13-26-20-8-4-6-17(12-20)16(2)24/h3-12,19,25H,13-14H2,1-2H3. The van der Waals surface area contributed by atoms with Crippen molar-refractivity contribution in [1.82, 2.24) is 9.55 Å². The van der Waals surface area contributed by atoms with Gasteiger partial charge in [0, 0.05) is 29.4 Å². The van der Waals surface area contributed by atoms with E-state index in [1.54, 1.807) is 30.5 Å². The molecule has 27 heavy (non-hydrogen) atoms. The Labute approximate surface area is 163 Å². The molecule has 0 saturated heterocycles. The summed E-state index contributed by atoms with van der Waals surface area (Å²) < 4.78 is 7.62. The van der Waals surface area contributed by atoms with E-state index in [4.69, 9.17) is 4.74 Å². The van der Waals surface area contributed by atoms with Crippen LogP contribution in [-0.2, 0) is 0 Å². The van der Waals surface area contributed by atoms with Crippen LogP contribution in [0, 0.1) is 6.92 Å². The van der Waals surface area contributed by atoms with Crippen molar-refractivity contribution in [2.75, 3.05) is 12.4 Å². The van der Waals surface area contributed by atoms with Crippen molar-refractivity contribution < 1.29 is 14.6 Å². The molecule has 0 saturated carbocycles. The molecule has 1 atom stereocenters. The lowest BCUT2D eigenvalue weighted by Gasteiger charge is -2.13. The van der Waals surface area contributed by atoms with Crippen LogP contribution in [0.2, 0.25) is 0 Å². The van der Waals surface area contributed by atoms with Crippen LogP contribution >= 0.6 is 11.8 Å². The lowest BCUT2D eigenvalue weighted by molar-refractivity contribution is 0.101. The summed E-state index contributed by atoms with van der Waals surface area (Å²) in [5.41, 5.74) is 2.82. The van der Waals surface area contributed by atoms with Gasteiger partial charge >= 0.3 is 0 Å². The quantitative estimate of drug-likeness (QED) is 0.473. The van der Waals surface area contributed by atoms with Crippen LogP contribution < -0.4 is 4.74 Å². The highest BCUT2D eigenvalue weighted by Gasteiger charge is 2.11. The average Bonchev–Trinajstić information content (AvgIpc) is 3.13. The molecule has 3 aromatic rings. The minimum absolute atomic E-state index is 0.0143. The maximum absolute atomic E-state index is 11.4. The van der Waals surface area contributed by atoms with Gasteiger partial charge in [0.05, 0.1) is 6.10 Å². The maximum Gasteiger partial charge on any atom is 0.172 e. The number of carbonyl (C=O) groups is 1. The molecule has 1 unspecified atom stereocenters. The largest absolute Gasteiger partial charge is 0.491 e. The molecule has 1 heterocycles. The summed E-state index contributed by atoms with van der Waals surface area (Å²) in [6.07, 6.45) is 3.01. The van der Waals surface area contributed by atoms with Gasteiger partial charge in [-0.05, 0) is 43.7 Å². The summed E-state index contributed by atoms with van der Waals surface area (Å²) in [6.45, 7) is 3.72. The number of hydrogen-bond acceptors (Lipinski definition) is 5. The third kappa shape index (κ3) is 5.21. The second kappa shape index (κ2) is 8.88. The number of Topliss-reactive ketones (excluding diaryl/α,β-unsaturated/α-hetero) is 1. The highest BCUT2D eigenvalue weighted by atomic mass is 32.2. The van der Waals surface area contributed by atoms with Gasteiger partial charge < -0.3 is 9.84 Å². The van der Waals surface area contributed by atoms with E-state index in [0.717, 1.165) is 10.8 Å². The molecule has 1 N–H and O–H groups in total. The summed E-state index contributed by atoms with van der Waals surface area (Å²) in [5, 5.41) is 11.1. The Bertz CT molecular complexity index is 923. The zero-order chi connectivity index (χ0) is 19.2. The first-order chi connectivity index (χ1) is 13.0. The van der Waals surface area contributed by atoms with Crippen molar-refractivity contribution in [3.05, 3.63) is 72.1 Å². The lowest BCUT2D eigenvalue weighted by atomic mass is 10.1. The van der Waals surface area contributed by atoms with Crippen molar-refractivity contribution in [3.63, 3.8) is 0 Å². The Kier molecular flexibility index (Phi) is 6.32. The van der Waals surface area contributed by atoms with Gasteiger partial charge in [-0.25, -0.2) is 4.98 Å². The molecule has 0 aliphatic rings. The topological polar surface area (TPSA) is 64.3 Å². The van der Waals surface area contributed by atoms with Crippen LogP contribution in [0.25, 0.3) is 5.69 Å². The summed E-state index contributed by atoms with van der Waals surface area (Å²) in [5.74, 6) is 1.02. The smallest absolute Gasteiger partial charge is 0.172 e. The fourth-order valence-electron chi connectivity index (χ4n) is 2.59. The molecule has 140 valence electrons. The Morgan fingerprint density at radius 1 is 1.26 bits per heavy atom. The Balaban J connectivity index is 1.56. The second-order valence-electron chi connectivity index (χ2n) is 6.28. The first-order valence-electron chi connectivity index (χ1n) is 8.68. The predicted octanol–water partition coefficient (Wildman–Crippen LogP) is 3.92. The Morgan fingerprint density at radius 3 is 2.85 bits per heavy atom. The number of ketones is 1. The number of aromatic nitrogens is 2. The minimum atomic E-state index is -0.654. The zero-order valence-electron chi connectivity index (χ0n) is 15.3. The number of ether oxygens (including phenoxy) is 1. The predicted molar refractivity (Wildman–Crippen MR) is 107 cm³/mol. The van der Waals surface area contributed by atoms with Gasteiger partial charge in [-0.15, -0.1) is 0 Å². The molecule has 0 fully saturated rings. The number of nitrogens with zero attached hydrogens (tertiary/aromatic N) is 2. The van der Waals surface area contributed by atoms with Crippen LogP contribution in [-0.4, -0.2) is 38.9 Å². The number of benzene rings is 2. The van der Waals surface area contributed by atoms with Gasteiger partial charge in [-0.3, -0.25) is 9.36 Å². The van der Waals surface area contributed by atoms with Gasteiger partial charge in [-0.1, -0.05) is 36.0 Å².